The van der Waals surface area contributed by atoms with E-state index in [1.807, 2.05) is 24.3 Å². The van der Waals surface area contributed by atoms with E-state index in [2.05, 4.69) is 13.8 Å². The van der Waals surface area contributed by atoms with E-state index in [1.165, 1.54) is 5.56 Å². The fourth-order valence-electron chi connectivity index (χ4n) is 3.32. The van der Waals surface area contributed by atoms with Crippen LogP contribution in [0.5, 0.6) is 0 Å². The minimum atomic E-state index is -0.374. The molecule has 0 bridgehead atoms. The maximum absolute atomic E-state index is 12.6. The summed E-state index contributed by atoms with van der Waals surface area (Å²) in [6, 6.07) is 7.96. The molecule has 0 unspecified atom stereocenters. The molecule has 144 valence electrons. The van der Waals surface area contributed by atoms with Crippen molar-refractivity contribution in [1.82, 2.24) is 9.80 Å². The Kier molecular flexibility index (Phi) is 6.37. The Morgan fingerprint density at radius 2 is 1.70 bits per heavy atom. The number of amides is 3. The molecule has 3 rings (SSSR count). The van der Waals surface area contributed by atoms with E-state index in [0.29, 0.717) is 23.9 Å². The van der Waals surface area contributed by atoms with Crippen LogP contribution < -0.4 is 0 Å². The number of rotatable bonds is 4. The number of likely N-dealkylation sites (tertiary alicyclic amines) is 1. The van der Waals surface area contributed by atoms with E-state index in [4.69, 9.17) is 0 Å². The van der Waals surface area contributed by atoms with Crippen LogP contribution in [-0.4, -0.2) is 46.5 Å². The zero-order valence-corrected chi connectivity index (χ0v) is 16.8. The third-order valence-corrected chi connectivity index (χ3v) is 5.93. The minimum absolute atomic E-state index is 0.137. The second kappa shape index (κ2) is 8.74. The molecule has 5 nitrogen and oxygen atoms in total. The molecule has 6 heteroatoms. The molecule has 0 atom stereocenters. The average molecular weight is 387 g/mol. The molecular formula is C21H26N2O3S. The molecule has 0 radical (unpaired) electrons. The lowest BCUT2D eigenvalue weighted by molar-refractivity contribution is -0.135. The first-order valence-corrected chi connectivity index (χ1v) is 10.4. The van der Waals surface area contributed by atoms with Crippen molar-refractivity contribution in [3.8, 4) is 0 Å². The van der Waals surface area contributed by atoms with Crippen molar-refractivity contribution >= 4 is 34.9 Å². The molecule has 2 aliphatic rings. The molecule has 2 saturated heterocycles. The Bertz CT molecular complexity index is 747. The van der Waals surface area contributed by atoms with Gasteiger partial charge in [-0.15, -0.1) is 0 Å². The summed E-state index contributed by atoms with van der Waals surface area (Å²) in [6.45, 7) is 5.53. The van der Waals surface area contributed by atoms with Crippen LogP contribution in [0.25, 0.3) is 6.08 Å². The van der Waals surface area contributed by atoms with Crippen molar-refractivity contribution in [3.63, 3.8) is 0 Å². The zero-order valence-electron chi connectivity index (χ0n) is 15.9. The van der Waals surface area contributed by atoms with Gasteiger partial charge in [0.25, 0.3) is 11.1 Å². The van der Waals surface area contributed by atoms with Crippen molar-refractivity contribution in [3.05, 3.63) is 40.3 Å². The summed E-state index contributed by atoms with van der Waals surface area (Å²) in [5, 5.41) is -0.367. The lowest BCUT2D eigenvalue weighted by Gasteiger charge is -2.22. The first-order chi connectivity index (χ1) is 13.0. The number of carbonyl (C=O) groups is 3. The summed E-state index contributed by atoms with van der Waals surface area (Å²) in [5.41, 5.74) is 2.10. The Morgan fingerprint density at radius 1 is 1.07 bits per heavy atom. The van der Waals surface area contributed by atoms with Gasteiger partial charge in [-0.2, -0.15) is 0 Å². The Morgan fingerprint density at radius 3 is 2.30 bits per heavy atom. The fourth-order valence-corrected chi connectivity index (χ4v) is 4.16. The van der Waals surface area contributed by atoms with Gasteiger partial charge in [-0.3, -0.25) is 19.3 Å². The molecule has 27 heavy (non-hydrogen) atoms. The van der Waals surface area contributed by atoms with Gasteiger partial charge < -0.3 is 4.90 Å². The molecule has 1 aromatic carbocycles. The number of hydrogen-bond donors (Lipinski definition) is 0. The minimum Gasteiger partial charge on any atom is -0.341 e. The van der Waals surface area contributed by atoms with Crippen molar-refractivity contribution in [1.29, 1.82) is 0 Å². The smallest absolute Gasteiger partial charge is 0.294 e. The third-order valence-electron chi connectivity index (χ3n) is 5.03. The molecule has 0 aliphatic carbocycles. The predicted molar refractivity (Wildman–Crippen MR) is 108 cm³/mol. The van der Waals surface area contributed by atoms with E-state index >= 15 is 0 Å². The second-order valence-electron chi connectivity index (χ2n) is 7.38. The first-order valence-electron chi connectivity index (χ1n) is 9.59. The van der Waals surface area contributed by atoms with E-state index in [1.54, 1.807) is 11.0 Å². The van der Waals surface area contributed by atoms with E-state index in [-0.39, 0.29) is 23.6 Å². The van der Waals surface area contributed by atoms with Crippen molar-refractivity contribution in [2.75, 3.05) is 19.6 Å². The summed E-state index contributed by atoms with van der Waals surface area (Å²) < 4.78 is 0. The van der Waals surface area contributed by atoms with Crippen LogP contribution in [0.3, 0.4) is 0 Å². The second-order valence-corrected chi connectivity index (χ2v) is 8.38. The average Bonchev–Trinajstić information content (AvgIpc) is 2.86. The first kappa shape index (κ1) is 19.7. The Balaban J connectivity index is 1.68. The number of thioether (sulfide) groups is 1. The van der Waals surface area contributed by atoms with Crippen molar-refractivity contribution in [2.45, 2.75) is 45.4 Å². The maximum Gasteiger partial charge on any atom is 0.294 e. The molecule has 2 aliphatic heterocycles. The Labute approximate surface area is 164 Å². The number of carbonyl (C=O) groups excluding carboxylic acids is 3. The topological polar surface area (TPSA) is 57.7 Å². The van der Waals surface area contributed by atoms with Gasteiger partial charge in [-0.25, -0.2) is 0 Å². The van der Waals surface area contributed by atoms with Crippen LogP contribution in [0.2, 0.25) is 0 Å². The van der Waals surface area contributed by atoms with Crippen LogP contribution in [-0.2, 0) is 9.59 Å². The third kappa shape index (κ3) is 4.80. The summed E-state index contributed by atoms with van der Waals surface area (Å²) >= 11 is 0.908. The van der Waals surface area contributed by atoms with E-state index < -0.39 is 0 Å². The summed E-state index contributed by atoms with van der Waals surface area (Å²) in [5.74, 6) is -0.0703. The number of nitrogens with zero attached hydrogens (tertiary/aromatic N) is 2. The van der Waals surface area contributed by atoms with Crippen LogP contribution >= 0.6 is 11.8 Å². The highest BCUT2D eigenvalue weighted by Gasteiger charge is 2.37. The predicted octanol–water partition coefficient (Wildman–Crippen LogP) is 4.25. The van der Waals surface area contributed by atoms with E-state index in [0.717, 1.165) is 47.9 Å². The molecular weight excluding hydrogens is 360 g/mol. The highest BCUT2D eigenvalue weighted by Crippen LogP contribution is 2.32. The van der Waals surface area contributed by atoms with Gasteiger partial charge in [0.2, 0.25) is 5.91 Å². The quantitative estimate of drug-likeness (QED) is 0.726. The van der Waals surface area contributed by atoms with Gasteiger partial charge in [0, 0.05) is 13.1 Å². The fraction of sp³-hybridized carbons (Fsp3) is 0.476. The standard InChI is InChI=1S/C21H26N2O3S/c1-15(2)17-9-7-16(8-10-17)13-18-20(25)23(21(26)27-18)14-19(24)22-11-5-3-4-6-12-22/h7-10,13,15H,3-6,11-12,14H2,1-2H3/b18-13-. The number of benzene rings is 1. The molecule has 1 aromatic rings. The lowest BCUT2D eigenvalue weighted by Crippen LogP contribution is -2.42. The van der Waals surface area contributed by atoms with Gasteiger partial charge in [0.15, 0.2) is 0 Å². The molecule has 0 aromatic heterocycles. The maximum atomic E-state index is 12.6. The monoisotopic (exact) mass is 386 g/mol. The van der Waals surface area contributed by atoms with Crippen LogP contribution in [0.15, 0.2) is 29.2 Å². The SMILES string of the molecule is CC(C)c1ccc(/C=C2\SC(=O)N(CC(=O)N3CCCCCC3)C2=O)cc1. The van der Waals surface area contributed by atoms with Crippen LogP contribution in [0.1, 0.15) is 56.6 Å². The van der Waals surface area contributed by atoms with Gasteiger partial charge >= 0.3 is 0 Å². The molecule has 0 spiro atoms. The Hall–Kier alpha value is -2.08. The molecule has 0 N–H and O–H groups in total. The highest BCUT2D eigenvalue weighted by molar-refractivity contribution is 8.18. The summed E-state index contributed by atoms with van der Waals surface area (Å²) in [7, 11) is 0. The van der Waals surface area contributed by atoms with E-state index in [9.17, 15) is 14.4 Å². The van der Waals surface area contributed by atoms with Gasteiger partial charge in [0.05, 0.1) is 4.91 Å². The van der Waals surface area contributed by atoms with Crippen LogP contribution in [0.4, 0.5) is 4.79 Å². The van der Waals surface area contributed by atoms with Crippen molar-refractivity contribution in [2.24, 2.45) is 0 Å². The zero-order chi connectivity index (χ0) is 19.4. The lowest BCUT2D eigenvalue weighted by atomic mass is 10.0. The molecule has 2 fully saturated rings. The van der Waals surface area contributed by atoms with Gasteiger partial charge in [0.1, 0.15) is 6.54 Å². The molecule has 3 amide bonds. The van der Waals surface area contributed by atoms with Gasteiger partial charge in [-0.05, 0) is 47.7 Å². The van der Waals surface area contributed by atoms with Gasteiger partial charge in [-0.1, -0.05) is 51.0 Å². The normalized spacial score (nSPS) is 19.9. The summed E-state index contributed by atoms with van der Waals surface area (Å²) in [4.78, 5) is 40.6. The van der Waals surface area contributed by atoms with Crippen molar-refractivity contribution < 1.29 is 14.4 Å². The largest absolute Gasteiger partial charge is 0.341 e. The number of hydrogen-bond acceptors (Lipinski definition) is 4. The van der Waals surface area contributed by atoms with Crippen LogP contribution in [0, 0.1) is 0 Å². The molecule has 0 saturated carbocycles. The number of imide groups is 1. The highest BCUT2D eigenvalue weighted by atomic mass is 32.2. The molecule has 2 heterocycles. The summed E-state index contributed by atoms with van der Waals surface area (Å²) in [6.07, 6.45) is 5.96.